The molecule has 0 saturated carbocycles. The Labute approximate surface area is 126 Å². The Kier molecular flexibility index (Phi) is 6.02. The third-order valence-corrected chi connectivity index (χ3v) is 3.62. The van der Waals surface area contributed by atoms with E-state index in [1.807, 2.05) is 12.1 Å². The average molecular weight is 292 g/mol. The van der Waals surface area contributed by atoms with Gasteiger partial charge in [0.25, 0.3) is 5.91 Å². The van der Waals surface area contributed by atoms with Crippen molar-refractivity contribution in [2.24, 2.45) is 5.92 Å². The maximum atomic E-state index is 12.1. The second kappa shape index (κ2) is 8.00. The summed E-state index contributed by atoms with van der Waals surface area (Å²) in [6, 6.07) is 7.20. The first-order chi connectivity index (χ1) is 10.2. The monoisotopic (exact) mass is 292 g/mol. The first kappa shape index (κ1) is 15.8. The van der Waals surface area contributed by atoms with Crippen molar-refractivity contribution in [3.8, 4) is 5.75 Å². The Morgan fingerprint density at radius 3 is 2.90 bits per heavy atom. The first-order valence-electron chi connectivity index (χ1n) is 7.41. The number of morpholine rings is 1. The predicted octanol–water partition coefficient (Wildman–Crippen LogP) is 1.39. The quantitative estimate of drug-likeness (QED) is 0.861. The maximum absolute atomic E-state index is 12.1. The van der Waals surface area contributed by atoms with Gasteiger partial charge in [0, 0.05) is 31.7 Å². The number of hydrogen-bond donors (Lipinski definition) is 1. The van der Waals surface area contributed by atoms with E-state index >= 15 is 0 Å². The molecule has 0 radical (unpaired) electrons. The third kappa shape index (κ3) is 5.02. The lowest BCUT2D eigenvalue weighted by molar-refractivity contribution is 0.0317. The highest BCUT2D eigenvalue weighted by Crippen LogP contribution is 2.12. The van der Waals surface area contributed by atoms with Gasteiger partial charge >= 0.3 is 0 Å². The van der Waals surface area contributed by atoms with Crippen LogP contribution in [0.2, 0.25) is 0 Å². The standard InChI is InChI=1S/C16H24N2O3/c1-13(12-18-6-8-21-9-7-18)11-17-16(19)14-4-3-5-15(10-14)20-2/h3-5,10,13H,6-9,11-12H2,1-2H3,(H,17,19). The summed E-state index contributed by atoms with van der Waals surface area (Å²) in [6.45, 7) is 7.39. The third-order valence-electron chi connectivity index (χ3n) is 3.62. The Morgan fingerprint density at radius 2 is 2.19 bits per heavy atom. The van der Waals surface area contributed by atoms with Crippen LogP contribution in [0.5, 0.6) is 5.75 Å². The smallest absolute Gasteiger partial charge is 0.251 e. The van der Waals surface area contributed by atoms with E-state index in [0.717, 1.165) is 32.8 Å². The summed E-state index contributed by atoms with van der Waals surface area (Å²) in [5, 5.41) is 2.99. The van der Waals surface area contributed by atoms with Crippen LogP contribution in [0.4, 0.5) is 0 Å². The zero-order valence-electron chi connectivity index (χ0n) is 12.8. The summed E-state index contributed by atoms with van der Waals surface area (Å²) < 4.78 is 10.5. The normalized spacial score (nSPS) is 17.2. The molecule has 1 heterocycles. The van der Waals surface area contributed by atoms with E-state index in [9.17, 15) is 4.79 Å². The lowest BCUT2D eigenvalue weighted by atomic mass is 10.1. The molecule has 5 heteroatoms. The molecule has 0 aliphatic carbocycles. The SMILES string of the molecule is COc1cccc(C(=O)NCC(C)CN2CCOCC2)c1. The van der Waals surface area contributed by atoms with Crippen LogP contribution in [0.25, 0.3) is 0 Å². The van der Waals surface area contributed by atoms with E-state index in [1.165, 1.54) is 0 Å². The lowest BCUT2D eigenvalue weighted by Crippen LogP contribution is -2.41. The predicted molar refractivity (Wildman–Crippen MR) is 81.8 cm³/mol. The van der Waals surface area contributed by atoms with Gasteiger partial charge in [-0.25, -0.2) is 0 Å². The molecule has 116 valence electrons. The molecular weight excluding hydrogens is 268 g/mol. The Morgan fingerprint density at radius 1 is 1.43 bits per heavy atom. The largest absolute Gasteiger partial charge is 0.497 e. The van der Waals surface area contributed by atoms with Gasteiger partial charge in [-0.3, -0.25) is 9.69 Å². The Hall–Kier alpha value is -1.59. The Balaban J connectivity index is 1.77. The van der Waals surface area contributed by atoms with Crippen LogP contribution in [-0.2, 0) is 4.74 Å². The highest BCUT2D eigenvalue weighted by atomic mass is 16.5. The summed E-state index contributed by atoms with van der Waals surface area (Å²) in [5.74, 6) is 1.06. The van der Waals surface area contributed by atoms with Gasteiger partial charge in [-0.2, -0.15) is 0 Å². The molecular formula is C16H24N2O3. The van der Waals surface area contributed by atoms with E-state index in [0.29, 0.717) is 23.8 Å². The molecule has 1 amide bonds. The maximum Gasteiger partial charge on any atom is 0.251 e. The minimum absolute atomic E-state index is 0.0530. The number of hydrogen-bond acceptors (Lipinski definition) is 4. The summed E-state index contributed by atoms with van der Waals surface area (Å²) in [6.07, 6.45) is 0. The average Bonchev–Trinajstić information content (AvgIpc) is 2.53. The van der Waals surface area contributed by atoms with Crippen LogP contribution in [0.3, 0.4) is 0 Å². The van der Waals surface area contributed by atoms with Crippen LogP contribution in [0.15, 0.2) is 24.3 Å². The van der Waals surface area contributed by atoms with Gasteiger partial charge in [0.15, 0.2) is 0 Å². The van der Waals surface area contributed by atoms with Crippen LogP contribution < -0.4 is 10.1 Å². The number of ether oxygens (including phenoxy) is 2. The van der Waals surface area contributed by atoms with Gasteiger partial charge in [-0.1, -0.05) is 13.0 Å². The van der Waals surface area contributed by atoms with Crippen molar-refractivity contribution in [3.63, 3.8) is 0 Å². The fourth-order valence-electron chi connectivity index (χ4n) is 2.42. The van der Waals surface area contributed by atoms with Crippen molar-refractivity contribution in [1.29, 1.82) is 0 Å². The molecule has 2 rings (SSSR count). The number of nitrogens with zero attached hydrogens (tertiary/aromatic N) is 1. The van der Waals surface area contributed by atoms with E-state index < -0.39 is 0 Å². The number of carbonyl (C=O) groups is 1. The molecule has 21 heavy (non-hydrogen) atoms. The van der Waals surface area contributed by atoms with Crippen molar-refractivity contribution in [3.05, 3.63) is 29.8 Å². The number of benzene rings is 1. The molecule has 0 spiro atoms. The van der Waals surface area contributed by atoms with Crippen molar-refractivity contribution in [2.45, 2.75) is 6.92 Å². The van der Waals surface area contributed by atoms with E-state index in [-0.39, 0.29) is 5.91 Å². The van der Waals surface area contributed by atoms with Crippen molar-refractivity contribution >= 4 is 5.91 Å². The molecule has 1 unspecified atom stereocenters. The number of nitrogens with one attached hydrogen (secondary N) is 1. The molecule has 1 atom stereocenters. The lowest BCUT2D eigenvalue weighted by Gasteiger charge is -2.29. The molecule has 0 bridgehead atoms. The van der Waals surface area contributed by atoms with Crippen molar-refractivity contribution < 1.29 is 14.3 Å². The molecule has 1 fully saturated rings. The van der Waals surface area contributed by atoms with Gasteiger partial charge in [0.05, 0.1) is 20.3 Å². The van der Waals surface area contributed by atoms with Gasteiger partial charge in [0.2, 0.25) is 0 Å². The topological polar surface area (TPSA) is 50.8 Å². The zero-order chi connectivity index (χ0) is 15.1. The van der Waals surface area contributed by atoms with E-state index in [4.69, 9.17) is 9.47 Å². The summed E-state index contributed by atoms with van der Waals surface area (Å²) in [7, 11) is 1.60. The van der Waals surface area contributed by atoms with Crippen LogP contribution in [0, 0.1) is 5.92 Å². The molecule has 5 nitrogen and oxygen atoms in total. The van der Waals surface area contributed by atoms with Crippen LogP contribution >= 0.6 is 0 Å². The minimum Gasteiger partial charge on any atom is -0.497 e. The second-order valence-corrected chi connectivity index (χ2v) is 5.46. The first-order valence-corrected chi connectivity index (χ1v) is 7.41. The van der Waals surface area contributed by atoms with Crippen molar-refractivity contribution in [1.82, 2.24) is 10.2 Å². The zero-order valence-corrected chi connectivity index (χ0v) is 12.8. The van der Waals surface area contributed by atoms with Gasteiger partial charge in [-0.15, -0.1) is 0 Å². The van der Waals surface area contributed by atoms with Crippen LogP contribution in [0.1, 0.15) is 17.3 Å². The van der Waals surface area contributed by atoms with Gasteiger partial charge in [-0.05, 0) is 24.1 Å². The fourth-order valence-corrected chi connectivity index (χ4v) is 2.42. The molecule has 0 aromatic heterocycles. The molecule has 1 saturated heterocycles. The summed E-state index contributed by atoms with van der Waals surface area (Å²) in [5.41, 5.74) is 0.632. The molecule has 1 aromatic carbocycles. The van der Waals surface area contributed by atoms with Gasteiger partial charge < -0.3 is 14.8 Å². The Bertz CT molecular complexity index is 459. The van der Waals surface area contributed by atoms with Crippen LogP contribution in [-0.4, -0.2) is 57.3 Å². The number of carbonyl (C=O) groups excluding carboxylic acids is 1. The minimum atomic E-state index is -0.0530. The molecule has 1 aromatic rings. The number of amides is 1. The highest BCUT2D eigenvalue weighted by molar-refractivity contribution is 5.94. The second-order valence-electron chi connectivity index (χ2n) is 5.46. The summed E-state index contributed by atoms with van der Waals surface area (Å²) in [4.78, 5) is 14.5. The highest BCUT2D eigenvalue weighted by Gasteiger charge is 2.14. The number of rotatable bonds is 6. The van der Waals surface area contributed by atoms with Crippen molar-refractivity contribution in [2.75, 3.05) is 46.5 Å². The van der Waals surface area contributed by atoms with Gasteiger partial charge in [0.1, 0.15) is 5.75 Å². The van der Waals surface area contributed by atoms with E-state index in [2.05, 4.69) is 17.1 Å². The summed E-state index contributed by atoms with van der Waals surface area (Å²) >= 11 is 0. The molecule has 1 N–H and O–H groups in total. The van der Waals surface area contributed by atoms with E-state index in [1.54, 1.807) is 19.2 Å². The number of methoxy groups -OCH3 is 1. The molecule has 1 aliphatic heterocycles. The molecule has 1 aliphatic rings. The fraction of sp³-hybridized carbons (Fsp3) is 0.562.